The van der Waals surface area contributed by atoms with Crippen molar-refractivity contribution in [2.24, 2.45) is 4.99 Å². The number of hydrogen-bond acceptors (Lipinski definition) is 5. The molecule has 0 unspecified atom stereocenters. The molecule has 0 saturated heterocycles. The zero-order chi connectivity index (χ0) is 28.5. The van der Waals surface area contributed by atoms with E-state index >= 15 is 0 Å². The molecule has 0 amide bonds. The molecule has 200 valence electrons. The summed E-state index contributed by atoms with van der Waals surface area (Å²) in [6.07, 6.45) is 3.49. The van der Waals surface area contributed by atoms with Crippen LogP contribution in [0.1, 0.15) is 11.3 Å². The van der Waals surface area contributed by atoms with Gasteiger partial charge in [0.25, 0.3) is 0 Å². The van der Waals surface area contributed by atoms with Crippen molar-refractivity contribution in [1.29, 1.82) is 0 Å². The second kappa shape index (κ2) is 10.7. The molecule has 0 atom stereocenters. The first-order chi connectivity index (χ1) is 20.7. The number of aliphatic imine (C=N–C) groups is 1. The highest BCUT2D eigenvalue weighted by Gasteiger charge is 2.19. The predicted molar refractivity (Wildman–Crippen MR) is 172 cm³/mol. The molecule has 0 saturated carbocycles. The molecule has 5 heteroatoms. The third kappa shape index (κ3) is 4.47. The van der Waals surface area contributed by atoms with E-state index in [0.29, 0.717) is 23.2 Å². The fraction of sp³-hybridized carbons (Fsp3) is 0.0270. The lowest BCUT2D eigenvalue weighted by Gasteiger charge is -2.11. The van der Waals surface area contributed by atoms with Crippen molar-refractivity contribution in [3.8, 4) is 45.3 Å². The van der Waals surface area contributed by atoms with E-state index < -0.39 is 0 Å². The van der Waals surface area contributed by atoms with Crippen LogP contribution < -0.4 is 0 Å². The van der Waals surface area contributed by atoms with E-state index in [9.17, 15) is 0 Å². The molecule has 42 heavy (non-hydrogen) atoms. The van der Waals surface area contributed by atoms with E-state index in [1.54, 1.807) is 19.3 Å². The minimum atomic E-state index is 0.560. The molecule has 0 radical (unpaired) electrons. The summed E-state index contributed by atoms with van der Waals surface area (Å²) in [5.41, 5.74) is 6.55. The number of rotatable bonds is 6. The Hall–Kier alpha value is -5.68. The zero-order valence-electron chi connectivity index (χ0n) is 23.0. The van der Waals surface area contributed by atoms with Gasteiger partial charge in [0.2, 0.25) is 0 Å². The minimum Gasteiger partial charge on any atom is -0.456 e. The van der Waals surface area contributed by atoms with Crippen LogP contribution in [0.15, 0.2) is 131 Å². The molecule has 2 heterocycles. The van der Waals surface area contributed by atoms with E-state index in [0.717, 1.165) is 38.8 Å². The molecule has 0 bridgehead atoms. The first kappa shape index (κ1) is 25.3. The highest BCUT2D eigenvalue weighted by molar-refractivity contribution is 6.07. The van der Waals surface area contributed by atoms with Crippen LogP contribution in [-0.2, 0) is 0 Å². The van der Waals surface area contributed by atoms with Crippen LogP contribution in [0.3, 0.4) is 0 Å². The van der Waals surface area contributed by atoms with Crippen LogP contribution in [0.25, 0.3) is 73.1 Å². The van der Waals surface area contributed by atoms with Gasteiger partial charge in [-0.1, -0.05) is 116 Å². The van der Waals surface area contributed by atoms with Gasteiger partial charge in [0, 0.05) is 40.9 Å². The van der Waals surface area contributed by atoms with Crippen molar-refractivity contribution in [2.75, 3.05) is 7.05 Å². The summed E-state index contributed by atoms with van der Waals surface area (Å²) in [4.78, 5) is 19.1. The Kier molecular flexibility index (Phi) is 6.45. The van der Waals surface area contributed by atoms with Gasteiger partial charge in [-0.3, -0.25) is 4.99 Å². The van der Waals surface area contributed by atoms with E-state index in [1.165, 1.54) is 16.3 Å². The van der Waals surface area contributed by atoms with Crippen molar-refractivity contribution in [3.63, 3.8) is 0 Å². The van der Waals surface area contributed by atoms with Crippen molar-refractivity contribution >= 4 is 34.0 Å². The third-order valence-corrected chi connectivity index (χ3v) is 7.38. The molecule has 7 aromatic rings. The van der Waals surface area contributed by atoms with Gasteiger partial charge >= 0.3 is 0 Å². The smallest absolute Gasteiger partial charge is 0.164 e. The summed E-state index contributed by atoms with van der Waals surface area (Å²) in [6, 6.07) is 39.1. The summed E-state index contributed by atoms with van der Waals surface area (Å²) in [5, 5.41) is 3.33. The van der Waals surface area contributed by atoms with Crippen LogP contribution >= 0.6 is 0 Å². The molecule has 2 aromatic heterocycles. The zero-order valence-corrected chi connectivity index (χ0v) is 23.0. The molecular weight excluding hydrogens is 516 g/mol. The monoisotopic (exact) mass is 542 g/mol. The molecule has 5 nitrogen and oxygen atoms in total. The molecule has 0 fully saturated rings. The topological polar surface area (TPSA) is 64.2 Å². The lowest BCUT2D eigenvalue weighted by molar-refractivity contribution is 0.604. The van der Waals surface area contributed by atoms with Gasteiger partial charge in [0.05, 0.1) is 0 Å². The van der Waals surface area contributed by atoms with E-state index in [4.69, 9.17) is 19.4 Å². The van der Waals surface area contributed by atoms with Crippen LogP contribution in [0.4, 0.5) is 0 Å². The second-order valence-corrected chi connectivity index (χ2v) is 9.93. The minimum absolute atomic E-state index is 0.560. The molecule has 5 aromatic carbocycles. The summed E-state index contributed by atoms with van der Waals surface area (Å²) < 4.78 is 6.10. The summed E-state index contributed by atoms with van der Waals surface area (Å²) in [5.74, 6) is 2.41. The van der Waals surface area contributed by atoms with Gasteiger partial charge in [0.15, 0.2) is 17.5 Å². The van der Waals surface area contributed by atoms with E-state index in [-0.39, 0.29) is 0 Å². The fourth-order valence-corrected chi connectivity index (χ4v) is 5.40. The van der Waals surface area contributed by atoms with Gasteiger partial charge in [-0.25, -0.2) is 15.0 Å². The Labute approximate surface area is 243 Å². The highest BCUT2D eigenvalue weighted by atomic mass is 16.3. The Balaban J connectivity index is 1.40. The van der Waals surface area contributed by atoms with Gasteiger partial charge < -0.3 is 4.42 Å². The largest absolute Gasteiger partial charge is 0.456 e. The molecular formula is C37H26N4O. The fourth-order valence-electron chi connectivity index (χ4n) is 5.40. The highest BCUT2D eigenvalue weighted by Crippen LogP contribution is 2.35. The van der Waals surface area contributed by atoms with Gasteiger partial charge in [0.1, 0.15) is 11.3 Å². The quantitative estimate of drug-likeness (QED) is 0.197. The molecule has 0 aliphatic heterocycles. The van der Waals surface area contributed by atoms with Gasteiger partial charge in [-0.2, -0.15) is 0 Å². The van der Waals surface area contributed by atoms with Crippen molar-refractivity contribution in [1.82, 2.24) is 15.0 Å². The lowest BCUT2D eigenvalue weighted by Crippen LogP contribution is -2.00. The number of benzene rings is 5. The number of nitrogens with zero attached hydrogens (tertiary/aromatic N) is 4. The predicted octanol–water partition coefficient (Wildman–Crippen LogP) is 9.13. The Bertz CT molecular complexity index is 2100. The Morgan fingerprint density at radius 2 is 1.24 bits per heavy atom. The average Bonchev–Trinajstić information content (AvgIpc) is 3.42. The molecule has 0 aliphatic carbocycles. The summed E-state index contributed by atoms with van der Waals surface area (Å²) in [6.45, 7) is 3.93. The van der Waals surface area contributed by atoms with Crippen LogP contribution in [0.2, 0.25) is 0 Å². The Morgan fingerprint density at radius 3 is 2.00 bits per heavy atom. The number of aromatic nitrogens is 3. The van der Waals surface area contributed by atoms with Crippen molar-refractivity contribution < 1.29 is 4.42 Å². The number of furan rings is 1. The maximum Gasteiger partial charge on any atom is 0.164 e. The second-order valence-electron chi connectivity index (χ2n) is 9.93. The van der Waals surface area contributed by atoms with Gasteiger partial charge in [-0.05, 0) is 34.0 Å². The molecule has 7 rings (SSSR count). The molecule has 0 aliphatic rings. The van der Waals surface area contributed by atoms with Gasteiger partial charge in [-0.15, -0.1) is 0 Å². The SMILES string of the molecule is C=Cc1oc2cccc(-c3nc(-c4ccccc4)nc(-c4ccc(-c5cccc6ccccc56)cc4)n3)c2c1C=NC. The van der Waals surface area contributed by atoms with E-state index in [1.807, 2.05) is 48.5 Å². The summed E-state index contributed by atoms with van der Waals surface area (Å²) in [7, 11) is 1.74. The van der Waals surface area contributed by atoms with Crippen LogP contribution in [0.5, 0.6) is 0 Å². The van der Waals surface area contributed by atoms with Crippen molar-refractivity contribution in [2.45, 2.75) is 0 Å². The number of hydrogen-bond donors (Lipinski definition) is 0. The normalized spacial score (nSPS) is 11.5. The van der Waals surface area contributed by atoms with Crippen LogP contribution in [-0.4, -0.2) is 28.2 Å². The van der Waals surface area contributed by atoms with Crippen LogP contribution in [0, 0.1) is 0 Å². The van der Waals surface area contributed by atoms with E-state index in [2.05, 4.69) is 78.3 Å². The first-order valence-electron chi connectivity index (χ1n) is 13.7. The standard InChI is InChI=1S/C37H26N4O/c1-3-32-31(23-38-2)34-30(17-10-18-33(34)42-32)37-40-35(26-12-5-4-6-13-26)39-36(41-37)27-21-19-25(20-22-27)29-16-9-14-24-11-7-8-15-28(24)29/h3-23H,1H2,2H3. The van der Waals surface area contributed by atoms with Crippen molar-refractivity contribution in [3.05, 3.63) is 133 Å². The average molecular weight is 543 g/mol. The first-order valence-corrected chi connectivity index (χ1v) is 13.7. The summed E-state index contributed by atoms with van der Waals surface area (Å²) >= 11 is 0. The maximum atomic E-state index is 6.10. The maximum absolute atomic E-state index is 6.10. The third-order valence-electron chi connectivity index (χ3n) is 7.38. The molecule has 0 spiro atoms. The number of fused-ring (bicyclic) bond motifs is 2. The lowest BCUT2D eigenvalue weighted by atomic mass is 9.97. The Morgan fingerprint density at radius 1 is 0.619 bits per heavy atom. The molecule has 0 N–H and O–H groups in total.